The highest BCUT2D eigenvalue weighted by atomic mass is 16.1. The summed E-state index contributed by atoms with van der Waals surface area (Å²) in [7, 11) is 0. The van der Waals surface area contributed by atoms with Crippen LogP contribution in [0.25, 0.3) is 0 Å². The van der Waals surface area contributed by atoms with E-state index < -0.39 is 0 Å². The second-order valence-corrected chi connectivity index (χ2v) is 3.48. The first kappa shape index (κ1) is 9.98. The first-order chi connectivity index (χ1) is 7.42. The van der Waals surface area contributed by atoms with Gasteiger partial charge in [-0.25, -0.2) is 0 Å². The van der Waals surface area contributed by atoms with Crippen LogP contribution in [-0.4, -0.2) is 32.6 Å². The monoisotopic (exact) mass is 204 g/mol. The summed E-state index contributed by atoms with van der Waals surface area (Å²) in [6.45, 7) is 3.91. The number of carbonyl (C=O) groups excluding carboxylic acids is 1. The van der Waals surface area contributed by atoms with E-state index in [9.17, 15) is 4.79 Å². The maximum atomic E-state index is 10.3. The quantitative estimate of drug-likeness (QED) is 0.708. The smallest absolute Gasteiger partial charge is 0.314 e. The molecule has 0 spiro atoms. The summed E-state index contributed by atoms with van der Waals surface area (Å²) >= 11 is 0. The number of nitrogens with one attached hydrogen (secondary N) is 2. The summed E-state index contributed by atoms with van der Waals surface area (Å²) < 4.78 is 0. The Bertz CT molecular complexity index is 334. The molecular weight excluding hydrogens is 190 g/mol. The lowest BCUT2D eigenvalue weighted by Crippen LogP contribution is -2.43. The predicted octanol–water partition coefficient (Wildman–Crippen LogP) is 0.575. The molecule has 0 aliphatic carbocycles. The summed E-state index contributed by atoms with van der Waals surface area (Å²) in [6.07, 6.45) is 1.72. The van der Waals surface area contributed by atoms with E-state index in [4.69, 9.17) is 0 Å². The Morgan fingerprint density at radius 1 is 1.27 bits per heavy atom. The van der Waals surface area contributed by atoms with Crippen LogP contribution in [0.3, 0.4) is 0 Å². The molecule has 0 aromatic heterocycles. The highest BCUT2D eigenvalue weighted by molar-refractivity contribution is 5.81. The summed E-state index contributed by atoms with van der Waals surface area (Å²) in [4.78, 5) is 12.6. The average molecular weight is 204 g/mol. The van der Waals surface area contributed by atoms with Gasteiger partial charge in [-0.15, -0.1) is 0 Å². The highest BCUT2D eigenvalue weighted by Crippen LogP contribution is 2.24. The summed E-state index contributed by atoms with van der Waals surface area (Å²) in [5.41, 5.74) is 1.90. The first-order valence-electron chi connectivity index (χ1n) is 5.09. The van der Waals surface area contributed by atoms with Crippen LogP contribution in [-0.2, 0) is 4.79 Å². The van der Waals surface area contributed by atoms with Crippen molar-refractivity contribution in [2.75, 3.05) is 36.4 Å². The summed E-state index contributed by atoms with van der Waals surface area (Å²) in [6, 6.07) is 7.80. The van der Waals surface area contributed by atoms with Crippen LogP contribution in [0.1, 0.15) is 0 Å². The molecule has 1 radical (unpaired) electrons. The van der Waals surface area contributed by atoms with Crippen molar-refractivity contribution in [2.45, 2.75) is 0 Å². The number of nitrogens with zero attached hydrogens (tertiary/aromatic N) is 1. The molecule has 4 heteroatoms. The number of rotatable bonds is 3. The Morgan fingerprint density at radius 3 is 2.73 bits per heavy atom. The lowest BCUT2D eigenvalue weighted by Gasteiger charge is -2.30. The van der Waals surface area contributed by atoms with E-state index in [1.165, 1.54) is 0 Å². The fourth-order valence-corrected chi connectivity index (χ4v) is 1.82. The van der Waals surface area contributed by atoms with E-state index in [0.717, 1.165) is 37.6 Å². The van der Waals surface area contributed by atoms with Gasteiger partial charge in [0.2, 0.25) is 0 Å². The standard InChI is InChI=1S/C11H14N3O/c15-9-13-10-3-1-2-4-11(10)14-7-5-12-6-8-14/h1-4,12H,5-8H2,(H,13,15). The van der Waals surface area contributed by atoms with Crippen LogP contribution in [0.5, 0.6) is 0 Å². The zero-order chi connectivity index (χ0) is 10.5. The topological polar surface area (TPSA) is 44.4 Å². The van der Waals surface area contributed by atoms with Crippen LogP contribution in [0, 0.1) is 0 Å². The van der Waals surface area contributed by atoms with Gasteiger partial charge in [0.15, 0.2) is 0 Å². The van der Waals surface area contributed by atoms with Gasteiger partial charge in [0, 0.05) is 26.2 Å². The Labute approximate surface area is 89.3 Å². The molecule has 79 valence electrons. The van der Waals surface area contributed by atoms with Gasteiger partial charge in [0.25, 0.3) is 0 Å². The molecule has 0 saturated carbocycles. The van der Waals surface area contributed by atoms with Gasteiger partial charge in [0.05, 0.1) is 11.4 Å². The van der Waals surface area contributed by atoms with Gasteiger partial charge < -0.3 is 15.5 Å². The molecule has 0 unspecified atom stereocenters. The van der Waals surface area contributed by atoms with Crippen molar-refractivity contribution < 1.29 is 4.79 Å². The van der Waals surface area contributed by atoms with Gasteiger partial charge in [-0.3, -0.25) is 4.79 Å². The van der Waals surface area contributed by atoms with Crippen molar-refractivity contribution in [3.63, 3.8) is 0 Å². The van der Waals surface area contributed by atoms with Crippen LogP contribution >= 0.6 is 0 Å². The van der Waals surface area contributed by atoms with Crippen LogP contribution in [0.15, 0.2) is 24.3 Å². The van der Waals surface area contributed by atoms with Gasteiger partial charge in [-0.2, -0.15) is 0 Å². The third kappa shape index (κ3) is 2.27. The maximum Gasteiger partial charge on any atom is 0.314 e. The highest BCUT2D eigenvalue weighted by Gasteiger charge is 2.13. The molecule has 1 aliphatic rings. The molecule has 15 heavy (non-hydrogen) atoms. The minimum Gasteiger partial charge on any atom is -0.367 e. The predicted molar refractivity (Wildman–Crippen MR) is 60.8 cm³/mol. The van der Waals surface area contributed by atoms with Gasteiger partial charge >= 0.3 is 6.41 Å². The lowest BCUT2D eigenvalue weighted by molar-refractivity contribution is 0.561. The largest absolute Gasteiger partial charge is 0.367 e. The normalized spacial score (nSPS) is 16.1. The third-order valence-corrected chi connectivity index (χ3v) is 2.55. The molecule has 0 bridgehead atoms. The molecule has 1 aromatic rings. The SMILES string of the molecule is O=[C]Nc1ccccc1N1CCNCC1. The van der Waals surface area contributed by atoms with E-state index in [1.807, 2.05) is 24.3 Å². The minimum atomic E-state index is 0.828. The lowest BCUT2D eigenvalue weighted by atomic mass is 10.2. The zero-order valence-corrected chi connectivity index (χ0v) is 8.49. The first-order valence-corrected chi connectivity index (χ1v) is 5.09. The van der Waals surface area contributed by atoms with Crippen LogP contribution in [0.4, 0.5) is 11.4 Å². The molecule has 1 aromatic carbocycles. The number of para-hydroxylation sites is 2. The van der Waals surface area contributed by atoms with E-state index >= 15 is 0 Å². The Hall–Kier alpha value is -1.55. The Morgan fingerprint density at radius 2 is 2.00 bits per heavy atom. The van der Waals surface area contributed by atoms with Crippen molar-refractivity contribution in [2.24, 2.45) is 0 Å². The van der Waals surface area contributed by atoms with E-state index in [0.29, 0.717) is 0 Å². The molecule has 1 fully saturated rings. The molecule has 1 heterocycles. The second kappa shape index (κ2) is 4.79. The van der Waals surface area contributed by atoms with E-state index in [2.05, 4.69) is 15.5 Å². The second-order valence-electron chi connectivity index (χ2n) is 3.48. The number of benzene rings is 1. The van der Waals surface area contributed by atoms with Crippen LogP contribution in [0.2, 0.25) is 0 Å². The molecule has 2 N–H and O–H groups in total. The van der Waals surface area contributed by atoms with Crippen molar-refractivity contribution in [3.8, 4) is 0 Å². The molecular formula is C11H14N3O. The maximum absolute atomic E-state index is 10.3. The fourth-order valence-electron chi connectivity index (χ4n) is 1.82. The van der Waals surface area contributed by atoms with Crippen LogP contribution < -0.4 is 15.5 Å². The van der Waals surface area contributed by atoms with E-state index in [1.54, 1.807) is 6.41 Å². The van der Waals surface area contributed by atoms with Crippen molar-refractivity contribution >= 4 is 17.8 Å². The van der Waals surface area contributed by atoms with Gasteiger partial charge in [0.1, 0.15) is 0 Å². The third-order valence-electron chi connectivity index (χ3n) is 2.55. The minimum absolute atomic E-state index is 0.828. The summed E-state index contributed by atoms with van der Waals surface area (Å²) in [5.74, 6) is 0. The number of amides is 1. The number of piperazine rings is 1. The molecule has 1 aliphatic heterocycles. The van der Waals surface area contributed by atoms with Gasteiger partial charge in [-0.05, 0) is 12.1 Å². The fraction of sp³-hybridized carbons (Fsp3) is 0.364. The Balaban J connectivity index is 2.20. The molecule has 4 nitrogen and oxygen atoms in total. The molecule has 0 atom stereocenters. The van der Waals surface area contributed by atoms with Crippen molar-refractivity contribution in [3.05, 3.63) is 24.3 Å². The molecule has 1 saturated heterocycles. The number of anilines is 2. The molecule has 2 rings (SSSR count). The zero-order valence-electron chi connectivity index (χ0n) is 8.49. The Kier molecular flexibility index (Phi) is 3.19. The van der Waals surface area contributed by atoms with Crippen molar-refractivity contribution in [1.29, 1.82) is 0 Å². The van der Waals surface area contributed by atoms with Crippen molar-refractivity contribution in [1.82, 2.24) is 5.32 Å². The van der Waals surface area contributed by atoms with E-state index in [-0.39, 0.29) is 0 Å². The van der Waals surface area contributed by atoms with Gasteiger partial charge in [-0.1, -0.05) is 12.1 Å². The average Bonchev–Trinajstić information content (AvgIpc) is 2.31. The summed E-state index contributed by atoms with van der Waals surface area (Å²) in [5, 5.41) is 5.90. The number of hydrogen-bond donors (Lipinski definition) is 2. The number of hydrogen-bond acceptors (Lipinski definition) is 3. The molecule has 1 amide bonds.